The number of nitrogens with one attached hydrogen (secondary N) is 3. The Morgan fingerprint density at radius 3 is 2.84 bits per heavy atom. The number of rotatable bonds is 8. The molecule has 2 aromatic heterocycles. The lowest BCUT2D eigenvalue weighted by Crippen LogP contribution is -2.33. The summed E-state index contributed by atoms with van der Waals surface area (Å²) in [6.45, 7) is 4.04. The predicted octanol–water partition coefficient (Wildman–Crippen LogP) is 3.06. The predicted molar refractivity (Wildman–Crippen MR) is 140 cm³/mol. The molecule has 0 unspecified atom stereocenters. The van der Waals surface area contributed by atoms with E-state index in [9.17, 15) is 4.79 Å². The summed E-state index contributed by atoms with van der Waals surface area (Å²) in [5.41, 5.74) is 4.43. The third kappa shape index (κ3) is 5.28. The standard InChI is InChI=1S/C27H31N7O3/c1-17(28)34-11-9-21-23(16-34)31-25(30-21)15-26-32-22-8-7-18(13-24(22)33(26)2)27(35)29-10-12-37-20-6-4-5-19(14-20)36-3/h4-8,13-14,28H,9-12,15-16H2,1-3H3,(H,29,35)(H,30,31). The molecule has 5 rings (SSSR count). The summed E-state index contributed by atoms with van der Waals surface area (Å²) < 4.78 is 12.9. The first-order valence-electron chi connectivity index (χ1n) is 12.3. The molecule has 10 nitrogen and oxygen atoms in total. The number of nitrogens with zero attached hydrogens (tertiary/aromatic N) is 4. The van der Waals surface area contributed by atoms with Crippen molar-refractivity contribution in [2.45, 2.75) is 26.3 Å². The molecular formula is C27H31N7O3. The molecule has 37 heavy (non-hydrogen) atoms. The van der Waals surface area contributed by atoms with Gasteiger partial charge in [0.15, 0.2) is 0 Å². The minimum atomic E-state index is -0.163. The highest BCUT2D eigenvalue weighted by atomic mass is 16.5. The maximum atomic E-state index is 12.7. The van der Waals surface area contributed by atoms with Crippen molar-refractivity contribution in [2.24, 2.45) is 7.05 Å². The second-order valence-electron chi connectivity index (χ2n) is 9.12. The van der Waals surface area contributed by atoms with Crippen molar-refractivity contribution >= 4 is 22.8 Å². The van der Waals surface area contributed by atoms with Crippen molar-refractivity contribution in [3.63, 3.8) is 0 Å². The van der Waals surface area contributed by atoms with E-state index in [1.807, 2.05) is 53.8 Å². The van der Waals surface area contributed by atoms with Crippen molar-refractivity contribution in [3.05, 3.63) is 71.1 Å². The van der Waals surface area contributed by atoms with Crippen molar-refractivity contribution in [1.29, 1.82) is 5.41 Å². The van der Waals surface area contributed by atoms with Crippen molar-refractivity contribution < 1.29 is 14.3 Å². The second kappa shape index (κ2) is 10.3. The van der Waals surface area contributed by atoms with Crippen LogP contribution >= 0.6 is 0 Å². The average Bonchev–Trinajstić information content (AvgIpc) is 3.45. The number of imidazole rings is 2. The molecule has 2 aromatic carbocycles. The van der Waals surface area contributed by atoms with E-state index >= 15 is 0 Å². The van der Waals surface area contributed by atoms with Crippen LogP contribution in [0.15, 0.2) is 42.5 Å². The van der Waals surface area contributed by atoms with E-state index in [0.29, 0.717) is 43.3 Å². The van der Waals surface area contributed by atoms with E-state index < -0.39 is 0 Å². The number of hydrogen-bond donors (Lipinski definition) is 3. The third-order valence-electron chi connectivity index (χ3n) is 6.61. The molecule has 10 heteroatoms. The van der Waals surface area contributed by atoms with Gasteiger partial charge in [0.05, 0.1) is 54.9 Å². The summed E-state index contributed by atoms with van der Waals surface area (Å²) in [6.07, 6.45) is 1.39. The van der Waals surface area contributed by atoms with E-state index in [2.05, 4.69) is 10.3 Å². The van der Waals surface area contributed by atoms with Crippen molar-refractivity contribution in [1.82, 2.24) is 29.7 Å². The Morgan fingerprint density at radius 2 is 2.03 bits per heavy atom. The van der Waals surface area contributed by atoms with Gasteiger partial charge >= 0.3 is 0 Å². The van der Waals surface area contributed by atoms with Crippen LogP contribution < -0.4 is 14.8 Å². The Hall–Kier alpha value is -4.34. The maximum absolute atomic E-state index is 12.7. The number of H-pyrrole nitrogens is 1. The van der Waals surface area contributed by atoms with Gasteiger partial charge in [-0.15, -0.1) is 0 Å². The number of aryl methyl sites for hydroxylation is 1. The van der Waals surface area contributed by atoms with Gasteiger partial charge in [-0.05, 0) is 37.3 Å². The summed E-state index contributed by atoms with van der Waals surface area (Å²) in [4.78, 5) is 27.8. The highest BCUT2D eigenvalue weighted by Crippen LogP contribution is 2.22. The molecule has 0 spiro atoms. The Bertz CT molecular complexity index is 1460. The molecule has 0 saturated carbocycles. The van der Waals surface area contributed by atoms with E-state index in [4.69, 9.17) is 24.9 Å². The number of aromatic nitrogens is 4. The highest BCUT2D eigenvalue weighted by molar-refractivity contribution is 5.97. The zero-order valence-corrected chi connectivity index (χ0v) is 21.3. The first-order valence-corrected chi connectivity index (χ1v) is 12.3. The summed E-state index contributed by atoms with van der Waals surface area (Å²) >= 11 is 0. The van der Waals surface area contributed by atoms with Crippen LogP contribution in [0.3, 0.4) is 0 Å². The fraction of sp³-hybridized carbons (Fsp3) is 0.333. The van der Waals surface area contributed by atoms with Crippen LogP contribution in [0.25, 0.3) is 11.0 Å². The second-order valence-corrected chi connectivity index (χ2v) is 9.12. The van der Waals surface area contributed by atoms with Crippen LogP contribution in [0.5, 0.6) is 11.5 Å². The molecule has 0 radical (unpaired) electrons. The summed E-state index contributed by atoms with van der Waals surface area (Å²) in [7, 11) is 3.57. The number of aromatic amines is 1. The number of benzene rings is 2. The zero-order chi connectivity index (χ0) is 25.9. The number of amidine groups is 1. The lowest BCUT2D eigenvalue weighted by Gasteiger charge is -2.26. The normalized spacial score (nSPS) is 12.9. The van der Waals surface area contributed by atoms with Crippen LogP contribution in [-0.2, 0) is 26.4 Å². The summed E-state index contributed by atoms with van der Waals surface area (Å²) in [5, 5.41) is 10.8. The number of carbonyl (C=O) groups excluding carboxylic acids is 1. The summed E-state index contributed by atoms with van der Waals surface area (Å²) in [5.74, 6) is 3.55. The molecule has 3 N–H and O–H groups in total. The smallest absolute Gasteiger partial charge is 0.251 e. The SMILES string of the molecule is COc1cccc(OCCNC(=O)c2ccc3nc(Cc4nc5c([nH]4)CN(C(C)=N)CC5)n(C)c3c2)c1. The van der Waals surface area contributed by atoms with Gasteiger partial charge in [-0.25, -0.2) is 9.97 Å². The maximum Gasteiger partial charge on any atom is 0.251 e. The Morgan fingerprint density at radius 1 is 1.19 bits per heavy atom. The van der Waals surface area contributed by atoms with Crippen molar-refractivity contribution in [2.75, 3.05) is 26.8 Å². The third-order valence-corrected chi connectivity index (χ3v) is 6.61. The molecule has 0 atom stereocenters. The van der Waals surface area contributed by atoms with Gasteiger partial charge in [0, 0.05) is 31.6 Å². The van der Waals surface area contributed by atoms with Crippen LogP contribution in [0.4, 0.5) is 0 Å². The largest absolute Gasteiger partial charge is 0.497 e. The molecule has 0 aliphatic carbocycles. The lowest BCUT2D eigenvalue weighted by atomic mass is 10.1. The number of hydrogen-bond acceptors (Lipinski definition) is 6. The van der Waals surface area contributed by atoms with E-state index in [1.54, 1.807) is 19.2 Å². The number of amides is 1. The van der Waals surface area contributed by atoms with Crippen LogP contribution in [0.2, 0.25) is 0 Å². The molecule has 0 saturated heterocycles. The van der Waals surface area contributed by atoms with E-state index in [0.717, 1.165) is 52.8 Å². The fourth-order valence-corrected chi connectivity index (χ4v) is 4.54. The van der Waals surface area contributed by atoms with Gasteiger partial charge in [-0.2, -0.15) is 0 Å². The number of fused-ring (bicyclic) bond motifs is 2. The molecule has 1 amide bonds. The highest BCUT2D eigenvalue weighted by Gasteiger charge is 2.21. The minimum Gasteiger partial charge on any atom is -0.497 e. The first kappa shape index (κ1) is 24.4. The van der Waals surface area contributed by atoms with Crippen LogP contribution in [0.1, 0.15) is 40.3 Å². The van der Waals surface area contributed by atoms with Gasteiger partial charge in [0.2, 0.25) is 0 Å². The zero-order valence-electron chi connectivity index (χ0n) is 21.3. The molecule has 3 heterocycles. The monoisotopic (exact) mass is 501 g/mol. The Kier molecular flexibility index (Phi) is 6.80. The molecule has 1 aliphatic heterocycles. The number of ether oxygens (including phenoxy) is 2. The van der Waals surface area contributed by atoms with Gasteiger partial charge in [0.1, 0.15) is 29.8 Å². The van der Waals surface area contributed by atoms with Crippen molar-refractivity contribution in [3.8, 4) is 11.5 Å². The molecule has 0 fully saturated rings. The summed E-state index contributed by atoms with van der Waals surface area (Å²) in [6, 6.07) is 12.9. The number of methoxy groups -OCH3 is 1. The van der Waals surface area contributed by atoms with E-state index in [-0.39, 0.29) is 5.91 Å². The number of carbonyl (C=O) groups is 1. The van der Waals surface area contributed by atoms with Crippen LogP contribution in [0, 0.1) is 5.41 Å². The topological polar surface area (TPSA) is 121 Å². The fourth-order valence-electron chi connectivity index (χ4n) is 4.54. The molecule has 192 valence electrons. The van der Waals surface area contributed by atoms with Gasteiger partial charge < -0.3 is 29.2 Å². The molecule has 0 bridgehead atoms. The molecule has 1 aliphatic rings. The van der Waals surface area contributed by atoms with E-state index in [1.165, 1.54) is 0 Å². The lowest BCUT2D eigenvalue weighted by molar-refractivity contribution is 0.0947. The average molecular weight is 502 g/mol. The van der Waals surface area contributed by atoms with Crippen LogP contribution in [-0.4, -0.2) is 63.0 Å². The van der Waals surface area contributed by atoms with Gasteiger partial charge in [0.25, 0.3) is 5.91 Å². The van der Waals surface area contributed by atoms with Gasteiger partial charge in [-0.3, -0.25) is 10.2 Å². The first-order chi connectivity index (χ1) is 17.9. The Balaban J connectivity index is 1.22. The Labute approximate surface area is 215 Å². The molecule has 4 aromatic rings. The van der Waals surface area contributed by atoms with Gasteiger partial charge in [-0.1, -0.05) is 6.07 Å². The quantitative estimate of drug-likeness (QED) is 0.194. The molecular weight excluding hydrogens is 470 g/mol. The minimum absolute atomic E-state index is 0.163.